The molecule has 0 radical (unpaired) electrons. The highest BCUT2D eigenvalue weighted by atomic mass is 16.3. The Morgan fingerprint density at radius 1 is 1.05 bits per heavy atom. The second kappa shape index (κ2) is 4.81. The standard InChI is InChI=1S/C19H30O2/c1-11-9-13(20)10-12-3-4-14-15(18(11)12)7-8-19(2)16(14)5-6-17(19)21/h11-12,14-18,21H,3-10H2,1-2H3. The zero-order valence-corrected chi connectivity index (χ0v) is 13.6. The van der Waals surface area contributed by atoms with Gasteiger partial charge in [0, 0.05) is 12.8 Å². The van der Waals surface area contributed by atoms with Crippen LogP contribution in [-0.4, -0.2) is 17.0 Å². The molecular formula is C19H30O2. The SMILES string of the molecule is CC1CC(=O)CC2CCC3C(CCC4(C)C(O)CCC34)C12. The van der Waals surface area contributed by atoms with Crippen LogP contribution in [0, 0.1) is 40.9 Å². The number of Topliss-reactive ketones (excluding diaryl/α,β-unsaturated/α-hetero) is 1. The van der Waals surface area contributed by atoms with Crippen LogP contribution in [0.4, 0.5) is 0 Å². The van der Waals surface area contributed by atoms with Crippen LogP contribution in [0.15, 0.2) is 0 Å². The third kappa shape index (κ3) is 1.97. The molecule has 4 aliphatic carbocycles. The summed E-state index contributed by atoms with van der Waals surface area (Å²) in [5.41, 5.74) is 0.196. The van der Waals surface area contributed by atoms with Gasteiger partial charge in [-0.25, -0.2) is 0 Å². The summed E-state index contributed by atoms with van der Waals surface area (Å²) in [5.74, 6) is 5.01. The molecule has 8 atom stereocenters. The van der Waals surface area contributed by atoms with Crippen molar-refractivity contribution in [2.45, 2.75) is 71.3 Å². The molecule has 0 aliphatic heterocycles. The summed E-state index contributed by atoms with van der Waals surface area (Å²) in [7, 11) is 0. The van der Waals surface area contributed by atoms with Crippen LogP contribution in [0.1, 0.15) is 65.2 Å². The number of ketones is 1. The Morgan fingerprint density at radius 3 is 2.67 bits per heavy atom. The molecule has 0 aromatic heterocycles. The van der Waals surface area contributed by atoms with Crippen molar-refractivity contribution in [1.82, 2.24) is 0 Å². The first kappa shape index (κ1) is 14.2. The highest BCUT2D eigenvalue weighted by Gasteiger charge is 2.57. The van der Waals surface area contributed by atoms with E-state index in [4.69, 9.17) is 0 Å². The lowest BCUT2D eigenvalue weighted by Gasteiger charge is -2.56. The Hall–Kier alpha value is -0.370. The van der Waals surface area contributed by atoms with Crippen LogP contribution < -0.4 is 0 Å². The van der Waals surface area contributed by atoms with Crippen molar-refractivity contribution < 1.29 is 9.90 Å². The molecule has 0 heterocycles. The van der Waals surface area contributed by atoms with Crippen molar-refractivity contribution in [3.63, 3.8) is 0 Å². The molecule has 0 amide bonds. The third-order valence-electron chi connectivity index (χ3n) is 8.05. The first-order chi connectivity index (χ1) is 10.0. The smallest absolute Gasteiger partial charge is 0.133 e. The summed E-state index contributed by atoms with van der Waals surface area (Å²) >= 11 is 0. The van der Waals surface area contributed by atoms with E-state index in [1.54, 1.807) is 0 Å². The molecule has 0 aromatic carbocycles. The van der Waals surface area contributed by atoms with Gasteiger partial charge >= 0.3 is 0 Å². The molecule has 8 unspecified atom stereocenters. The van der Waals surface area contributed by atoms with E-state index in [0.29, 0.717) is 17.6 Å². The summed E-state index contributed by atoms with van der Waals surface area (Å²) in [5, 5.41) is 10.4. The number of aliphatic hydroxyl groups excluding tert-OH is 1. The van der Waals surface area contributed by atoms with Crippen LogP contribution in [0.5, 0.6) is 0 Å². The van der Waals surface area contributed by atoms with Crippen LogP contribution in [0.25, 0.3) is 0 Å². The number of carbonyl (C=O) groups is 1. The zero-order chi connectivity index (χ0) is 14.8. The van der Waals surface area contributed by atoms with Gasteiger partial charge in [-0.3, -0.25) is 4.79 Å². The minimum Gasteiger partial charge on any atom is -0.393 e. The number of rotatable bonds is 0. The maximum atomic E-state index is 11.9. The minimum atomic E-state index is -0.0634. The Labute approximate surface area is 128 Å². The fourth-order valence-corrected chi connectivity index (χ4v) is 7.13. The third-order valence-corrected chi connectivity index (χ3v) is 8.05. The maximum absolute atomic E-state index is 11.9. The molecule has 0 spiro atoms. The average molecular weight is 290 g/mol. The zero-order valence-electron chi connectivity index (χ0n) is 13.6. The molecule has 4 aliphatic rings. The van der Waals surface area contributed by atoms with Crippen LogP contribution in [0.2, 0.25) is 0 Å². The first-order valence-electron chi connectivity index (χ1n) is 9.20. The summed E-state index contributed by atoms with van der Waals surface area (Å²) in [6.45, 7) is 4.68. The van der Waals surface area contributed by atoms with Gasteiger partial charge in [0.2, 0.25) is 0 Å². The van der Waals surface area contributed by atoms with Gasteiger partial charge < -0.3 is 5.11 Å². The van der Waals surface area contributed by atoms with E-state index in [0.717, 1.165) is 42.9 Å². The molecule has 1 N–H and O–H groups in total. The summed E-state index contributed by atoms with van der Waals surface area (Å²) in [4.78, 5) is 11.9. The number of carbonyl (C=O) groups excluding carboxylic acids is 1. The molecule has 4 saturated carbocycles. The first-order valence-corrected chi connectivity index (χ1v) is 9.20. The van der Waals surface area contributed by atoms with Crippen molar-refractivity contribution >= 4 is 5.78 Å². The van der Waals surface area contributed by atoms with Crippen molar-refractivity contribution in [2.24, 2.45) is 40.9 Å². The molecule has 0 aromatic rings. The molecular weight excluding hydrogens is 260 g/mol. The second-order valence-corrected chi connectivity index (χ2v) is 8.91. The fourth-order valence-electron chi connectivity index (χ4n) is 7.13. The van der Waals surface area contributed by atoms with Crippen molar-refractivity contribution in [3.05, 3.63) is 0 Å². The van der Waals surface area contributed by atoms with Gasteiger partial charge in [-0.05, 0) is 79.4 Å². The molecule has 4 rings (SSSR count). The van der Waals surface area contributed by atoms with E-state index in [-0.39, 0.29) is 11.5 Å². The van der Waals surface area contributed by atoms with Gasteiger partial charge in [0.05, 0.1) is 6.10 Å². The van der Waals surface area contributed by atoms with Gasteiger partial charge in [0.25, 0.3) is 0 Å². The molecule has 4 fully saturated rings. The van der Waals surface area contributed by atoms with E-state index in [9.17, 15) is 9.90 Å². The summed E-state index contributed by atoms with van der Waals surface area (Å²) in [6, 6.07) is 0. The largest absolute Gasteiger partial charge is 0.393 e. The van der Waals surface area contributed by atoms with Crippen molar-refractivity contribution in [2.75, 3.05) is 0 Å². The van der Waals surface area contributed by atoms with Gasteiger partial charge in [0.1, 0.15) is 5.78 Å². The highest BCUT2D eigenvalue weighted by Crippen LogP contribution is 2.62. The number of hydrogen-bond donors (Lipinski definition) is 1. The summed E-state index contributed by atoms with van der Waals surface area (Å²) in [6.07, 6.45) is 8.99. The molecule has 21 heavy (non-hydrogen) atoms. The van der Waals surface area contributed by atoms with Crippen LogP contribution in [-0.2, 0) is 4.79 Å². The highest BCUT2D eigenvalue weighted by molar-refractivity contribution is 5.79. The molecule has 2 heteroatoms. The lowest BCUT2D eigenvalue weighted by atomic mass is 9.49. The molecule has 0 bridgehead atoms. The Morgan fingerprint density at radius 2 is 1.86 bits per heavy atom. The average Bonchev–Trinajstić information content (AvgIpc) is 2.74. The number of hydrogen-bond acceptors (Lipinski definition) is 2. The van der Waals surface area contributed by atoms with Gasteiger partial charge in [-0.1, -0.05) is 13.8 Å². The van der Waals surface area contributed by atoms with E-state index in [2.05, 4.69) is 13.8 Å². The monoisotopic (exact) mass is 290 g/mol. The van der Waals surface area contributed by atoms with E-state index in [1.807, 2.05) is 0 Å². The lowest BCUT2D eigenvalue weighted by Crippen LogP contribution is -2.51. The van der Waals surface area contributed by atoms with Gasteiger partial charge in [-0.15, -0.1) is 0 Å². The normalized spacial score (nSPS) is 56.5. The van der Waals surface area contributed by atoms with E-state index >= 15 is 0 Å². The maximum Gasteiger partial charge on any atom is 0.133 e. The van der Waals surface area contributed by atoms with E-state index < -0.39 is 0 Å². The number of fused-ring (bicyclic) bond motifs is 5. The van der Waals surface area contributed by atoms with Crippen molar-refractivity contribution in [1.29, 1.82) is 0 Å². The molecule has 118 valence electrons. The van der Waals surface area contributed by atoms with Crippen LogP contribution >= 0.6 is 0 Å². The quantitative estimate of drug-likeness (QED) is 0.736. The Bertz CT molecular complexity index is 445. The number of aliphatic hydroxyl groups is 1. The van der Waals surface area contributed by atoms with Crippen molar-refractivity contribution in [3.8, 4) is 0 Å². The summed E-state index contributed by atoms with van der Waals surface area (Å²) < 4.78 is 0. The Balaban J connectivity index is 1.61. The predicted molar refractivity (Wildman–Crippen MR) is 82.7 cm³/mol. The van der Waals surface area contributed by atoms with Crippen LogP contribution in [0.3, 0.4) is 0 Å². The van der Waals surface area contributed by atoms with E-state index in [1.165, 1.54) is 32.1 Å². The molecule has 0 saturated heterocycles. The van der Waals surface area contributed by atoms with Gasteiger partial charge in [-0.2, -0.15) is 0 Å². The topological polar surface area (TPSA) is 37.3 Å². The van der Waals surface area contributed by atoms with Gasteiger partial charge in [0.15, 0.2) is 0 Å². The fraction of sp³-hybridized carbons (Fsp3) is 0.947. The second-order valence-electron chi connectivity index (χ2n) is 8.91. The minimum absolute atomic E-state index is 0.0634. The predicted octanol–water partition coefficient (Wildman–Crippen LogP) is 3.82. The lowest BCUT2D eigenvalue weighted by molar-refractivity contribution is -0.133. The Kier molecular flexibility index (Phi) is 3.26. The molecule has 2 nitrogen and oxygen atoms in total.